The fraction of sp³-hybridized carbons (Fsp3) is 0.375. The smallest absolute Gasteiger partial charge is 0.252 e. The molecule has 0 bridgehead atoms. The lowest BCUT2D eigenvalue weighted by Crippen LogP contribution is -2.48. The summed E-state index contributed by atoms with van der Waals surface area (Å²) in [7, 11) is -0.260. The third-order valence-electron chi connectivity index (χ3n) is 8.13. The molecular weight excluding hydrogens is 601 g/mol. The molecule has 5 rings (SSSR count). The van der Waals surface area contributed by atoms with Crippen molar-refractivity contribution in [3.05, 3.63) is 77.3 Å². The van der Waals surface area contributed by atoms with Crippen molar-refractivity contribution in [2.75, 3.05) is 32.1 Å². The predicted octanol–water partition coefficient (Wildman–Crippen LogP) is 3.89. The van der Waals surface area contributed by atoms with Crippen molar-refractivity contribution in [1.29, 1.82) is 0 Å². The van der Waals surface area contributed by atoms with E-state index in [4.69, 9.17) is 4.74 Å². The first-order valence-corrected chi connectivity index (χ1v) is 16.8. The van der Waals surface area contributed by atoms with Crippen LogP contribution in [0.4, 0.5) is 5.69 Å². The van der Waals surface area contributed by atoms with Crippen LogP contribution in [0.5, 0.6) is 5.75 Å². The first kappa shape index (κ1) is 31.7. The van der Waals surface area contributed by atoms with Crippen molar-refractivity contribution < 1.29 is 27.9 Å². The molecule has 1 aliphatic heterocycles. The highest BCUT2D eigenvalue weighted by Crippen LogP contribution is 2.30. The van der Waals surface area contributed by atoms with E-state index in [-0.39, 0.29) is 54.5 Å². The molecule has 0 fully saturated rings. The molecule has 2 amide bonds. The molecule has 0 unspecified atom stereocenters. The highest BCUT2D eigenvalue weighted by molar-refractivity contribution is 7.91. The number of aryl methyl sites for hydroxylation is 1. The number of fused-ring (bicyclic) bond motifs is 2. The summed E-state index contributed by atoms with van der Waals surface area (Å²) in [5.41, 5.74) is 3.04. The zero-order chi connectivity index (χ0) is 31.6. The molecular formula is C32H38N4O6S2. The molecule has 234 valence electrons. The van der Waals surface area contributed by atoms with Gasteiger partial charge in [0.15, 0.2) is 0 Å². The Morgan fingerprint density at radius 3 is 2.70 bits per heavy atom. The summed E-state index contributed by atoms with van der Waals surface area (Å²) < 4.78 is 36.4. The number of amides is 2. The maximum Gasteiger partial charge on any atom is 0.252 e. The number of carbonyl (C=O) groups excluding carboxylic acids is 2. The lowest BCUT2D eigenvalue weighted by atomic mass is 10.0. The fourth-order valence-electron chi connectivity index (χ4n) is 5.59. The Labute approximate surface area is 261 Å². The number of ether oxygens (including phenoxy) is 1. The minimum atomic E-state index is -3.73. The average molecular weight is 639 g/mol. The monoisotopic (exact) mass is 638 g/mol. The van der Waals surface area contributed by atoms with E-state index in [2.05, 4.69) is 5.32 Å². The zero-order valence-corrected chi connectivity index (χ0v) is 26.9. The molecule has 3 atom stereocenters. The van der Waals surface area contributed by atoms with Gasteiger partial charge >= 0.3 is 0 Å². The number of anilines is 1. The number of likely N-dealkylation sites (N-methyl/N-ethyl adjacent to an activating group) is 1. The number of hydrogen-bond donors (Lipinski definition) is 2. The second kappa shape index (κ2) is 13.1. The van der Waals surface area contributed by atoms with E-state index in [1.807, 2.05) is 49.0 Å². The number of benzene rings is 2. The van der Waals surface area contributed by atoms with Gasteiger partial charge in [-0.3, -0.25) is 9.59 Å². The number of hydrogen-bond acceptors (Lipinski definition) is 7. The third-order valence-corrected chi connectivity index (χ3v) is 11.3. The molecule has 0 aliphatic carbocycles. The minimum absolute atomic E-state index is 0.00448. The van der Waals surface area contributed by atoms with Crippen LogP contribution in [-0.4, -0.2) is 78.0 Å². The van der Waals surface area contributed by atoms with Crippen molar-refractivity contribution in [3.63, 3.8) is 0 Å². The number of aliphatic hydroxyl groups is 1. The molecule has 0 spiro atoms. The van der Waals surface area contributed by atoms with Gasteiger partial charge in [-0.2, -0.15) is 4.31 Å². The molecule has 2 N–H and O–H groups in total. The number of sulfonamides is 1. The Bertz CT molecular complexity index is 1750. The van der Waals surface area contributed by atoms with Gasteiger partial charge in [0.05, 0.1) is 32.0 Å². The largest absolute Gasteiger partial charge is 0.488 e. The standard InChI is InChI=1S/C32H38N4O6S2/c1-21-17-36(22(2)20-37)31(39)16-23-14-25(33-30(38)15-24-18-34(3)27-9-6-5-8-26(24)27)11-12-28(23)42-29(21)19-35(4)44(40,41)32-10-7-13-43-32/h5-14,18,21-22,29,37H,15-17,19-20H2,1-4H3,(H,33,38)/t21-,22-,29-/m1/s1. The number of nitrogens with zero attached hydrogens (tertiary/aromatic N) is 3. The van der Waals surface area contributed by atoms with E-state index in [9.17, 15) is 23.1 Å². The van der Waals surface area contributed by atoms with Gasteiger partial charge in [0.1, 0.15) is 16.1 Å². The lowest BCUT2D eigenvalue weighted by molar-refractivity contribution is -0.134. The molecule has 12 heteroatoms. The molecule has 0 saturated heterocycles. The number of para-hydroxylation sites is 1. The van der Waals surface area contributed by atoms with Gasteiger partial charge in [-0.05, 0) is 48.2 Å². The first-order chi connectivity index (χ1) is 21.0. The second-order valence-electron chi connectivity index (χ2n) is 11.4. The Balaban J connectivity index is 1.41. The maximum absolute atomic E-state index is 13.5. The summed E-state index contributed by atoms with van der Waals surface area (Å²) in [5, 5.41) is 15.6. The fourth-order valence-corrected chi connectivity index (χ4v) is 7.97. The maximum atomic E-state index is 13.5. The molecule has 10 nitrogen and oxygen atoms in total. The van der Waals surface area contributed by atoms with E-state index < -0.39 is 22.2 Å². The van der Waals surface area contributed by atoms with Crippen LogP contribution in [0, 0.1) is 5.92 Å². The van der Waals surface area contributed by atoms with Crippen molar-refractivity contribution in [2.45, 2.75) is 43.0 Å². The summed E-state index contributed by atoms with van der Waals surface area (Å²) in [5.74, 6) is -0.204. The Morgan fingerprint density at radius 1 is 1.20 bits per heavy atom. The molecule has 44 heavy (non-hydrogen) atoms. The van der Waals surface area contributed by atoms with Crippen LogP contribution < -0.4 is 10.1 Å². The minimum Gasteiger partial charge on any atom is -0.488 e. The van der Waals surface area contributed by atoms with Gasteiger partial charge in [0.25, 0.3) is 10.0 Å². The van der Waals surface area contributed by atoms with Crippen molar-refractivity contribution >= 4 is 49.8 Å². The van der Waals surface area contributed by atoms with Gasteiger partial charge in [0.2, 0.25) is 11.8 Å². The van der Waals surface area contributed by atoms with Crippen LogP contribution in [-0.2, 0) is 39.5 Å². The summed E-state index contributed by atoms with van der Waals surface area (Å²) in [6.07, 6.45) is 1.53. The third kappa shape index (κ3) is 6.68. The van der Waals surface area contributed by atoms with Crippen LogP contribution in [0.1, 0.15) is 25.0 Å². The van der Waals surface area contributed by atoms with E-state index in [1.165, 1.54) is 11.4 Å². The van der Waals surface area contributed by atoms with E-state index in [1.54, 1.807) is 47.5 Å². The van der Waals surface area contributed by atoms with E-state index in [0.717, 1.165) is 27.8 Å². The predicted molar refractivity (Wildman–Crippen MR) is 171 cm³/mol. The Morgan fingerprint density at radius 2 is 1.98 bits per heavy atom. The van der Waals surface area contributed by atoms with Crippen LogP contribution in [0.3, 0.4) is 0 Å². The highest BCUT2D eigenvalue weighted by atomic mass is 32.2. The second-order valence-corrected chi connectivity index (χ2v) is 14.7. The topological polar surface area (TPSA) is 121 Å². The number of aliphatic hydroxyl groups excluding tert-OH is 1. The van der Waals surface area contributed by atoms with Crippen molar-refractivity contribution in [3.8, 4) is 5.75 Å². The van der Waals surface area contributed by atoms with E-state index >= 15 is 0 Å². The van der Waals surface area contributed by atoms with Crippen LogP contribution in [0.2, 0.25) is 0 Å². The average Bonchev–Trinajstić information content (AvgIpc) is 3.65. The normalized spacial score (nSPS) is 18.3. The molecule has 4 aromatic rings. The molecule has 1 aliphatic rings. The molecule has 0 saturated carbocycles. The van der Waals surface area contributed by atoms with Gasteiger partial charge in [-0.25, -0.2) is 8.42 Å². The zero-order valence-electron chi connectivity index (χ0n) is 25.3. The number of rotatable bonds is 9. The summed E-state index contributed by atoms with van der Waals surface area (Å²) in [6.45, 7) is 3.80. The number of nitrogens with one attached hydrogen (secondary N) is 1. The molecule has 2 aromatic carbocycles. The Hall–Kier alpha value is -3.71. The summed E-state index contributed by atoms with van der Waals surface area (Å²) in [4.78, 5) is 28.3. The Kier molecular flexibility index (Phi) is 9.45. The molecule has 3 heterocycles. The number of thiophene rings is 1. The van der Waals surface area contributed by atoms with Gasteiger partial charge in [0, 0.05) is 54.9 Å². The quantitative estimate of drug-likeness (QED) is 0.287. The number of carbonyl (C=O) groups is 2. The van der Waals surface area contributed by atoms with E-state index in [0.29, 0.717) is 17.0 Å². The van der Waals surface area contributed by atoms with Gasteiger partial charge < -0.3 is 24.6 Å². The SMILES string of the molecule is C[C@@H]1CN([C@H](C)CO)C(=O)Cc2cc(NC(=O)Cc3cn(C)c4ccccc34)ccc2O[C@@H]1CN(C)S(=O)(=O)c1cccs1. The van der Waals surface area contributed by atoms with Crippen LogP contribution in [0.15, 0.2) is 70.4 Å². The van der Waals surface area contributed by atoms with Crippen LogP contribution >= 0.6 is 11.3 Å². The summed E-state index contributed by atoms with van der Waals surface area (Å²) >= 11 is 1.15. The molecule has 0 radical (unpaired) electrons. The van der Waals surface area contributed by atoms with Crippen molar-refractivity contribution in [2.24, 2.45) is 13.0 Å². The highest BCUT2D eigenvalue weighted by Gasteiger charge is 2.33. The van der Waals surface area contributed by atoms with Gasteiger partial charge in [-0.1, -0.05) is 31.2 Å². The van der Waals surface area contributed by atoms with Crippen LogP contribution in [0.25, 0.3) is 10.9 Å². The number of aromatic nitrogens is 1. The van der Waals surface area contributed by atoms with Gasteiger partial charge in [-0.15, -0.1) is 11.3 Å². The lowest BCUT2D eigenvalue weighted by Gasteiger charge is -2.33. The van der Waals surface area contributed by atoms with Crippen molar-refractivity contribution in [1.82, 2.24) is 13.8 Å². The molecule has 2 aromatic heterocycles. The first-order valence-electron chi connectivity index (χ1n) is 14.5. The summed E-state index contributed by atoms with van der Waals surface area (Å²) in [6, 6.07) is 15.9.